The van der Waals surface area contributed by atoms with Crippen LogP contribution in [0.15, 0.2) is 24.3 Å². The van der Waals surface area contributed by atoms with Crippen molar-refractivity contribution < 1.29 is 9.90 Å². The van der Waals surface area contributed by atoms with Crippen LogP contribution in [-0.2, 0) is 11.2 Å². The van der Waals surface area contributed by atoms with E-state index in [0.29, 0.717) is 6.54 Å². The lowest BCUT2D eigenvalue weighted by Gasteiger charge is -2.17. The molecule has 1 aliphatic heterocycles. The molecule has 0 aromatic heterocycles. The number of carbonyl (C=O) groups excluding carboxylic acids is 1. The summed E-state index contributed by atoms with van der Waals surface area (Å²) in [6.07, 6.45) is 3.79. The fraction of sp³-hybridized carbons (Fsp3) is 0.533. The first-order valence-electron chi connectivity index (χ1n) is 6.95. The lowest BCUT2D eigenvalue weighted by molar-refractivity contribution is -0.122. The van der Waals surface area contributed by atoms with E-state index < -0.39 is 0 Å². The smallest absolute Gasteiger partial charge is 0.242 e. The highest BCUT2D eigenvalue weighted by Gasteiger charge is 2.42. The van der Waals surface area contributed by atoms with E-state index in [1.165, 1.54) is 5.56 Å². The van der Waals surface area contributed by atoms with Crippen LogP contribution in [0.2, 0.25) is 0 Å². The van der Waals surface area contributed by atoms with Crippen LogP contribution >= 0.6 is 0 Å². The van der Waals surface area contributed by atoms with Crippen molar-refractivity contribution in [1.82, 2.24) is 5.32 Å². The first-order valence-corrected chi connectivity index (χ1v) is 6.95. The van der Waals surface area contributed by atoms with Crippen molar-refractivity contribution in [2.45, 2.75) is 31.7 Å². The van der Waals surface area contributed by atoms with Crippen LogP contribution in [0.5, 0.6) is 0 Å². The Bertz CT molecular complexity index is 458. The summed E-state index contributed by atoms with van der Waals surface area (Å²) in [7, 11) is 0. The SMILES string of the molecule is O=C(NCC1(CCO)CC1)C1Cc2ccccc2N1. The van der Waals surface area contributed by atoms with Gasteiger partial charge in [0.05, 0.1) is 0 Å². The molecule has 3 N–H and O–H groups in total. The Kier molecular flexibility index (Phi) is 3.19. The number of rotatable bonds is 5. The van der Waals surface area contributed by atoms with Crippen molar-refractivity contribution in [3.05, 3.63) is 29.8 Å². The Morgan fingerprint density at radius 2 is 2.21 bits per heavy atom. The van der Waals surface area contributed by atoms with E-state index in [1.807, 2.05) is 18.2 Å². The Morgan fingerprint density at radius 3 is 2.89 bits per heavy atom. The highest BCUT2D eigenvalue weighted by molar-refractivity contribution is 5.87. The van der Waals surface area contributed by atoms with E-state index >= 15 is 0 Å². The summed E-state index contributed by atoms with van der Waals surface area (Å²) in [6, 6.07) is 7.90. The molecule has 1 aromatic carbocycles. The zero-order valence-electron chi connectivity index (χ0n) is 11.0. The molecule has 1 atom stereocenters. The molecule has 19 heavy (non-hydrogen) atoms. The second-order valence-corrected chi connectivity index (χ2v) is 5.75. The Morgan fingerprint density at radius 1 is 1.42 bits per heavy atom. The molecule has 0 bridgehead atoms. The van der Waals surface area contributed by atoms with E-state index in [-0.39, 0.29) is 24.0 Å². The maximum Gasteiger partial charge on any atom is 0.242 e. The molecule has 2 aliphatic rings. The van der Waals surface area contributed by atoms with Gasteiger partial charge in [-0.25, -0.2) is 0 Å². The van der Waals surface area contributed by atoms with Crippen molar-refractivity contribution in [3.63, 3.8) is 0 Å². The average Bonchev–Trinajstić information content (AvgIpc) is 3.04. The second-order valence-electron chi connectivity index (χ2n) is 5.75. The molecular weight excluding hydrogens is 240 g/mol. The van der Waals surface area contributed by atoms with Crippen LogP contribution in [0.1, 0.15) is 24.8 Å². The fourth-order valence-electron chi connectivity index (χ4n) is 2.78. The van der Waals surface area contributed by atoms with Gasteiger partial charge in [-0.3, -0.25) is 4.79 Å². The molecule has 1 aliphatic carbocycles. The summed E-state index contributed by atoms with van der Waals surface area (Å²) in [5.41, 5.74) is 2.45. The maximum absolute atomic E-state index is 12.2. The number of aliphatic hydroxyl groups is 1. The number of amides is 1. The third-order valence-electron chi connectivity index (χ3n) is 4.32. The summed E-state index contributed by atoms with van der Waals surface area (Å²) >= 11 is 0. The molecule has 1 fully saturated rings. The predicted molar refractivity (Wildman–Crippen MR) is 73.9 cm³/mol. The molecule has 0 saturated heterocycles. The van der Waals surface area contributed by atoms with Gasteiger partial charge in [0.1, 0.15) is 6.04 Å². The average molecular weight is 260 g/mol. The Hall–Kier alpha value is -1.55. The highest BCUT2D eigenvalue weighted by atomic mass is 16.3. The normalized spacial score (nSPS) is 22.5. The van der Waals surface area contributed by atoms with E-state index in [1.54, 1.807) is 0 Å². The molecule has 0 radical (unpaired) electrons. The lowest BCUT2D eigenvalue weighted by Crippen LogP contribution is -2.41. The summed E-state index contributed by atoms with van der Waals surface area (Å²) in [5.74, 6) is 0.0698. The first kappa shape index (κ1) is 12.5. The molecule has 3 rings (SSSR count). The lowest BCUT2D eigenvalue weighted by atomic mass is 10.0. The molecule has 0 spiro atoms. The third kappa shape index (κ3) is 2.59. The topological polar surface area (TPSA) is 61.4 Å². The van der Waals surface area contributed by atoms with Gasteiger partial charge in [-0.05, 0) is 36.3 Å². The van der Waals surface area contributed by atoms with E-state index in [0.717, 1.165) is 31.4 Å². The third-order valence-corrected chi connectivity index (χ3v) is 4.32. The minimum atomic E-state index is -0.151. The zero-order chi connectivity index (χ0) is 13.3. The van der Waals surface area contributed by atoms with Crippen molar-refractivity contribution in [2.75, 3.05) is 18.5 Å². The zero-order valence-corrected chi connectivity index (χ0v) is 11.0. The quantitative estimate of drug-likeness (QED) is 0.748. The molecule has 4 heteroatoms. The van der Waals surface area contributed by atoms with Crippen molar-refractivity contribution in [2.24, 2.45) is 5.41 Å². The second kappa shape index (κ2) is 4.85. The molecule has 1 unspecified atom stereocenters. The summed E-state index contributed by atoms with van der Waals surface area (Å²) in [4.78, 5) is 12.2. The van der Waals surface area contributed by atoms with E-state index in [2.05, 4.69) is 16.7 Å². The maximum atomic E-state index is 12.2. The van der Waals surface area contributed by atoms with E-state index in [9.17, 15) is 4.79 Å². The molecule has 1 saturated carbocycles. The van der Waals surface area contributed by atoms with Crippen molar-refractivity contribution in [3.8, 4) is 0 Å². The van der Waals surface area contributed by atoms with Crippen LogP contribution in [0.25, 0.3) is 0 Å². The van der Waals surface area contributed by atoms with Crippen LogP contribution in [0, 0.1) is 5.41 Å². The first-order chi connectivity index (χ1) is 9.22. The molecule has 1 aromatic rings. The molecule has 4 nitrogen and oxygen atoms in total. The number of hydrogen-bond donors (Lipinski definition) is 3. The standard InChI is InChI=1S/C15H20N2O2/c18-8-7-15(5-6-15)10-16-14(19)13-9-11-3-1-2-4-12(11)17-13/h1-4,13,17-18H,5-10H2,(H,16,19). The van der Waals surface area contributed by atoms with Crippen LogP contribution < -0.4 is 10.6 Å². The van der Waals surface area contributed by atoms with Crippen molar-refractivity contribution in [1.29, 1.82) is 0 Å². The van der Waals surface area contributed by atoms with Crippen molar-refractivity contribution >= 4 is 11.6 Å². The Labute approximate surface area is 113 Å². The number of carbonyl (C=O) groups is 1. The minimum Gasteiger partial charge on any atom is -0.396 e. The highest BCUT2D eigenvalue weighted by Crippen LogP contribution is 2.47. The van der Waals surface area contributed by atoms with Gasteiger partial charge >= 0.3 is 0 Å². The number of para-hydroxylation sites is 1. The van der Waals surface area contributed by atoms with Crippen LogP contribution in [0.3, 0.4) is 0 Å². The number of aliphatic hydroxyl groups excluding tert-OH is 1. The van der Waals surface area contributed by atoms with Gasteiger partial charge in [0.15, 0.2) is 0 Å². The molecule has 1 amide bonds. The molecule has 1 heterocycles. The minimum absolute atomic E-state index is 0.0698. The predicted octanol–water partition coefficient (Wildman–Crippen LogP) is 1.30. The number of nitrogens with one attached hydrogen (secondary N) is 2. The van der Waals surface area contributed by atoms with Gasteiger partial charge in [0.25, 0.3) is 0 Å². The van der Waals surface area contributed by atoms with Gasteiger partial charge in [0.2, 0.25) is 5.91 Å². The van der Waals surface area contributed by atoms with Gasteiger partial charge < -0.3 is 15.7 Å². The van der Waals surface area contributed by atoms with Gasteiger partial charge in [-0.1, -0.05) is 18.2 Å². The van der Waals surface area contributed by atoms with Gasteiger partial charge in [-0.2, -0.15) is 0 Å². The molecular formula is C15H20N2O2. The number of anilines is 1. The number of benzene rings is 1. The monoisotopic (exact) mass is 260 g/mol. The van der Waals surface area contributed by atoms with Gasteiger partial charge in [0, 0.05) is 25.3 Å². The van der Waals surface area contributed by atoms with Crippen LogP contribution in [-0.4, -0.2) is 30.2 Å². The number of fused-ring (bicyclic) bond motifs is 1. The largest absolute Gasteiger partial charge is 0.396 e. The number of hydrogen-bond acceptors (Lipinski definition) is 3. The summed E-state index contributed by atoms with van der Waals surface area (Å²) in [5, 5.41) is 15.3. The molecule has 102 valence electrons. The Balaban J connectivity index is 1.53. The van der Waals surface area contributed by atoms with Gasteiger partial charge in [-0.15, -0.1) is 0 Å². The van der Waals surface area contributed by atoms with E-state index in [4.69, 9.17) is 5.11 Å². The summed E-state index contributed by atoms with van der Waals surface area (Å²) in [6.45, 7) is 0.907. The van der Waals surface area contributed by atoms with Crippen LogP contribution in [0.4, 0.5) is 5.69 Å². The summed E-state index contributed by atoms with van der Waals surface area (Å²) < 4.78 is 0. The fourth-order valence-corrected chi connectivity index (χ4v) is 2.78.